The Balaban J connectivity index is 2.47. The molecule has 15 heavy (non-hydrogen) atoms. The van der Waals surface area contributed by atoms with Gasteiger partial charge in [0.1, 0.15) is 7.85 Å². The van der Waals surface area contributed by atoms with Crippen molar-refractivity contribution in [2.24, 2.45) is 0 Å². The normalized spacial score (nSPS) is 10.1. The second kappa shape index (κ2) is 5.86. The minimum Gasteiger partial charge on any atom is -0.380 e. The molecule has 0 aliphatic rings. The lowest BCUT2D eigenvalue weighted by Gasteiger charge is -2.05. The smallest absolute Gasteiger partial charge is 0.113 e. The van der Waals surface area contributed by atoms with E-state index in [1.54, 1.807) is 18.3 Å². The van der Waals surface area contributed by atoms with Crippen molar-refractivity contribution in [2.75, 3.05) is 0 Å². The zero-order chi connectivity index (χ0) is 11.1. The molecule has 3 heteroatoms. The molecule has 0 atom stereocenters. The maximum Gasteiger partial charge on any atom is 0.113 e. The van der Waals surface area contributed by atoms with Crippen LogP contribution in [0.2, 0.25) is 0 Å². The number of hydrogen-bond acceptors (Lipinski definition) is 2. The first-order valence-corrected chi connectivity index (χ1v) is 4.64. The molecule has 0 saturated heterocycles. The summed E-state index contributed by atoms with van der Waals surface area (Å²) in [6.45, 7) is 8.02. The predicted octanol–water partition coefficient (Wildman–Crippen LogP) is 1.22. The summed E-state index contributed by atoms with van der Waals surface area (Å²) in [4.78, 5) is 4.16. The summed E-state index contributed by atoms with van der Waals surface area (Å²) in [7, 11) is 5.63. The Labute approximate surface area is 91.8 Å². The van der Waals surface area contributed by atoms with Gasteiger partial charge >= 0.3 is 0 Å². The van der Waals surface area contributed by atoms with Crippen molar-refractivity contribution in [3.05, 3.63) is 61.1 Å². The van der Waals surface area contributed by atoms with E-state index < -0.39 is 0 Å². The first-order chi connectivity index (χ1) is 7.22. The number of nitrogens with zero attached hydrogens (tertiary/aromatic N) is 1. The summed E-state index contributed by atoms with van der Waals surface area (Å²) < 4.78 is 0. The van der Waals surface area contributed by atoms with Crippen LogP contribution < -0.4 is 10.8 Å². The monoisotopic (exact) mass is 196 g/mol. The van der Waals surface area contributed by atoms with Gasteiger partial charge in [-0.2, -0.15) is 0 Å². The quantitative estimate of drug-likeness (QED) is 0.565. The lowest BCUT2D eigenvalue weighted by molar-refractivity contribution is 0.809. The first kappa shape index (κ1) is 11.3. The Morgan fingerprint density at radius 2 is 2.40 bits per heavy atom. The Morgan fingerprint density at radius 1 is 1.60 bits per heavy atom. The number of nitrogens with one attached hydrogen (secondary N) is 1. The molecule has 74 valence electrons. The van der Waals surface area contributed by atoms with Gasteiger partial charge < -0.3 is 5.32 Å². The molecule has 1 heterocycles. The van der Waals surface area contributed by atoms with E-state index in [4.69, 9.17) is 7.85 Å². The molecule has 0 amide bonds. The van der Waals surface area contributed by atoms with Crippen molar-refractivity contribution in [2.45, 2.75) is 6.54 Å². The van der Waals surface area contributed by atoms with E-state index in [0.717, 1.165) is 11.4 Å². The Hall–Kier alpha value is -1.77. The van der Waals surface area contributed by atoms with Crippen molar-refractivity contribution >= 4 is 13.3 Å². The van der Waals surface area contributed by atoms with E-state index in [1.807, 2.05) is 18.2 Å². The summed E-state index contributed by atoms with van der Waals surface area (Å²) in [5, 5.41) is 3.11. The molecule has 0 aliphatic carbocycles. The maximum absolute atomic E-state index is 5.63. The molecule has 0 saturated carbocycles. The highest BCUT2D eigenvalue weighted by Gasteiger charge is 1.93. The zero-order valence-corrected chi connectivity index (χ0v) is 8.61. The van der Waals surface area contributed by atoms with Crippen molar-refractivity contribution in [3.63, 3.8) is 0 Å². The van der Waals surface area contributed by atoms with E-state index in [1.165, 1.54) is 0 Å². The molecule has 1 N–H and O–H groups in total. The van der Waals surface area contributed by atoms with E-state index in [2.05, 4.69) is 23.5 Å². The summed E-state index contributed by atoms with van der Waals surface area (Å²) in [5.74, 6) is 0. The molecule has 0 aliphatic heterocycles. The Kier molecular flexibility index (Phi) is 4.42. The highest BCUT2D eigenvalue weighted by atomic mass is 14.9. The van der Waals surface area contributed by atoms with Crippen molar-refractivity contribution < 1.29 is 0 Å². The lowest BCUT2D eigenvalue weighted by Crippen LogP contribution is -2.14. The molecule has 2 radical (unpaired) electrons. The van der Waals surface area contributed by atoms with Gasteiger partial charge in [-0.05, 0) is 12.1 Å². The first-order valence-electron chi connectivity index (χ1n) is 4.64. The van der Waals surface area contributed by atoms with Crippen LogP contribution in [0.5, 0.6) is 0 Å². The van der Waals surface area contributed by atoms with E-state index in [0.29, 0.717) is 12.0 Å². The molecule has 0 spiro atoms. The summed E-state index contributed by atoms with van der Waals surface area (Å²) in [6, 6.07) is 3.59. The SMILES string of the molecule is [B]c1ccnc(CNC(=C)/C=C\C=C)c1. The predicted molar refractivity (Wildman–Crippen MR) is 64.9 cm³/mol. The van der Waals surface area contributed by atoms with Crippen LogP contribution in [0.4, 0.5) is 0 Å². The van der Waals surface area contributed by atoms with Crippen LogP contribution in [-0.4, -0.2) is 12.8 Å². The van der Waals surface area contributed by atoms with Crippen LogP contribution >= 0.6 is 0 Å². The van der Waals surface area contributed by atoms with Crippen molar-refractivity contribution in [1.29, 1.82) is 0 Å². The molecule has 0 fully saturated rings. The molecule has 1 rings (SSSR count). The van der Waals surface area contributed by atoms with Crippen LogP contribution in [0.3, 0.4) is 0 Å². The summed E-state index contributed by atoms with van der Waals surface area (Å²) in [6.07, 6.45) is 7.06. The fourth-order valence-electron chi connectivity index (χ4n) is 1.04. The van der Waals surface area contributed by atoms with Gasteiger partial charge in [-0.15, -0.1) is 0 Å². The number of aromatic nitrogens is 1. The third-order valence-corrected chi connectivity index (χ3v) is 1.77. The number of hydrogen-bond donors (Lipinski definition) is 1. The van der Waals surface area contributed by atoms with E-state index >= 15 is 0 Å². The minimum atomic E-state index is 0.616. The van der Waals surface area contributed by atoms with Gasteiger partial charge in [0.05, 0.1) is 12.2 Å². The second-order valence-corrected chi connectivity index (χ2v) is 3.05. The van der Waals surface area contributed by atoms with Crippen LogP contribution in [0.1, 0.15) is 5.69 Å². The summed E-state index contributed by atoms with van der Waals surface area (Å²) >= 11 is 0. The molecule has 0 aromatic carbocycles. The molecular weight excluding hydrogens is 183 g/mol. The largest absolute Gasteiger partial charge is 0.380 e. The van der Waals surface area contributed by atoms with Gasteiger partial charge in [0.15, 0.2) is 0 Å². The number of allylic oxidation sites excluding steroid dienone is 3. The molecule has 1 aromatic rings. The fraction of sp³-hybridized carbons (Fsp3) is 0.0833. The molecule has 0 bridgehead atoms. The second-order valence-electron chi connectivity index (χ2n) is 3.05. The van der Waals surface area contributed by atoms with Gasteiger partial charge in [0, 0.05) is 11.9 Å². The molecule has 2 nitrogen and oxygen atoms in total. The average molecular weight is 196 g/mol. The van der Waals surface area contributed by atoms with Crippen LogP contribution in [0, 0.1) is 0 Å². The fourth-order valence-corrected chi connectivity index (χ4v) is 1.04. The molecular formula is C12H13BN2. The van der Waals surface area contributed by atoms with Gasteiger partial charge in [-0.1, -0.05) is 36.8 Å². The molecule has 0 unspecified atom stereocenters. The van der Waals surface area contributed by atoms with Gasteiger partial charge in [-0.25, -0.2) is 0 Å². The highest BCUT2D eigenvalue weighted by Crippen LogP contribution is 1.94. The number of rotatable bonds is 5. The van der Waals surface area contributed by atoms with Crippen LogP contribution in [-0.2, 0) is 6.54 Å². The van der Waals surface area contributed by atoms with E-state index in [9.17, 15) is 0 Å². The third kappa shape index (κ3) is 4.31. The van der Waals surface area contributed by atoms with Crippen molar-refractivity contribution in [3.8, 4) is 0 Å². The van der Waals surface area contributed by atoms with Gasteiger partial charge in [0.25, 0.3) is 0 Å². The standard InChI is InChI=1S/C12H13BN2/c1-3-4-5-10(2)15-9-12-8-11(13)6-7-14-12/h3-8,15H,1-2,9H2/b5-4-. The maximum atomic E-state index is 5.63. The van der Waals surface area contributed by atoms with Crippen LogP contribution in [0.15, 0.2) is 55.4 Å². The minimum absolute atomic E-state index is 0.616. The lowest BCUT2D eigenvalue weighted by atomic mass is 9.97. The van der Waals surface area contributed by atoms with Gasteiger partial charge in [0.2, 0.25) is 0 Å². The zero-order valence-electron chi connectivity index (χ0n) is 8.61. The third-order valence-electron chi connectivity index (χ3n) is 1.77. The van der Waals surface area contributed by atoms with Gasteiger partial charge in [-0.3, -0.25) is 4.98 Å². The summed E-state index contributed by atoms with van der Waals surface area (Å²) in [5.41, 5.74) is 2.43. The Morgan fingerprint density at radius 3 is 3.07 bits per heavy atom. The highest BCUT2D eigenvalue weighted by molar-refractivity contribution is 6.32. The van der Waals surface area contributed by atoms with Crippen molar-refractivity contribution in [1.82, 2.24) is 10.3 Å². The number of pyridine rings is 1. The average Bonchev–Trinajstić information content (AvgIpc) is 2.23. The van der Waals surface area contributed by atoms with E-state index in [-0.39, 0.29) is 0 Å². The Bertz CT molecular complexity index is 383. The topological polar surface area (TPSA) is 24.9 Å². The molecule has 1 aromatic heterocycles. The van der Waals surface area contributed by atoms with Crippen LogP contribution in [0.25, 0.3) is 0 Å².